The van der Waals surface area contributed by atoms with Crippen molar-refractivity contribution in [3.05, 3.63) is 52.5 Å². The van der Waals surface area contributed by atoms with Gasteiger partial charge in [-0.05, 0) is 34.5 Å². The van der Waals surface area contributed by atoms with Crippen molar-refractivity contribution < 1.29 is 17.6 Å². The number of hydrogen-bond acceptors (Lipinski definition) is 5. The zero-order valence-corrected chi connectivity index (χ0v) is 16.7. The first-order chi connectivity index (χ1) is 12.9. The van der Waals surface area contributed by atoms with Gasteiger partial charge in [0.1, 0.15) is 10.7 Å². The highest BCUT2D eigenvalue weighted by molar-refractivity contribution is 7.89. The Morgan fingerprint density at radius 3 is 2.52 bits per heavy atom. The van der Waals surface area contributed by atoms with Gasteiger partial charge >= 0.3 is 0 Å². The molecule has 0 radical (unpaired) electrons. The van der Waals surface area contributed by atoms with E-state index < -0.39 is 15.8 Å². The highest BCUT2D eigenvalue weighted by Crippen LogP contribution is 2.20. The van der Waals surface area contributed by atoms with Crippen LogP contribution in [-0.2, 0) is 21.4 Å². The van der Waals surface area contributed by atoms with Gasteiger partial charge in [-0.15, -0.1) is 0 Å². The van der Waals surface area contributed by atoms with Gasteiger partial charge in [0.15, 0.2) is 0 Å². The van der Waals surface area contributed by atoms with Crippen molar-refractivity contribution in [1.29, 1.82) is 0 Å². The normalized spacial score (nSPS) is 16.4. The van der Waals surface area contributed by atoms with Crippen LogP contribution in [-0.4, -0.2) is 68.2 Å². The van der Waals surface area contributed by atoms with E-state index in [0.717, 1.165) is 11.6 Å². The average molecular weight is 412 g/mol. The lowest BCUT2D eigenvalue weighted by Crippen LogP contribution is -2.51. The summed E-state index contributed by atoms with van der Waals surface area (Å²) in [6.45, 7) is 2.14. The number of benzene rings is 1. The number of rotatable bonds is 6. The number of carbonyl (C=O) groups excluding carboxylic acids is 1. The van der Waals surface area contributed by atoms with Crippen molar-refractivity contribution in [2.24, 2.45) is 0 Å². The maximum absolute atomic E-state index is 13.9. The van der Waals surface area contributed by atoms with Crippen molar-refractivity contribution in [3.63, 3.8) is 0 Å². The van der Waals surface area contributed by atoms with Crippen LogP contribution in [0, 0.1) is 5.82 Å². The molecule has 3 rings (SSSR count). The van der Waals surface area contributed by atoms with E-state index in [1.165, 1.54) is 22.5 Å². The Hall–Kier alpha value is -1.81. The van der Waals surface area contributed by atoms with Crippen LogP contribution < -0.4 is 0 Å². The molecule has 2 heterocycles. The Morgan fingerprint density at radius 2 is 1.89 bits per heavy atom. The van der Waals surface area contributed by atoms with E-state index in [-0.39, 0.29) is 30.4 Å². The van der Waals surface area contributed by atoms with Crippen LogP contribution in [0.2, 0.25) is 0 Å². The van der Waals surface area contributed by atoms with E-state index in [9.17, 15) is 17.6 Å². The number of piperazine rings is 1. The van der Waals surface area contributed by atoms with E-state index in [4.69, 9.17) is 0 Å². The van der Waals surface area contributed by atoms with Gasteiger partial charge in [-0.2, -0.15) is 15.6 Å². The lowest BCUT2D eigenvalue weighted by Gasteiger charge is -2.34. The van der Waals surface area contributed by atoms with E-state index in [1.54, 1.807) is 23.3 Å². The quantitative estimate of drug-likeness (QED) is 0.728. The largest absolute Gasteiger partial charge is 0.340 e. The number of likely N-dealkylation sites (N-methyl/N-ethyl adjacent to an activating group) is 1. The summed E-state index contributed by atoms with van der Waals surface area (Å²) in [4.78, 5) is 15.7. The molecular weight excluding hydrogens is 389 g/mol. The first-order valence-electron chi connectivity index (χ1n) is 8.60. The molecule has 0 saturated carbocycles. The van der Waals surface area contributed by atoms with Crippen molar-refractivity contribution in [2.75, 3.05) is 39.8 Å². The Balaban J connectivity index is 1.54. The lowest BCUT2D eigenvalue weighted by molar-refractivity contribution is -0.131. The molecule has 1 aliphatic rings. The average Bonchev–Trinajstić information content (AvgIpc) is 3.15. The SMILES string of the molecule is CN(Cc1ccsc1)C(=O)CN1CCN(S(=O)(=O)c2ccccc2F)CC1. The number of amides is 1. The van der Waals surface area contributed by atoms with Crippen molar-refractivity contribution in [3.8, 4) is 0 Å². The smallest absolute Gasteiger partial charge is 0.246 e. The molecule has 6 nitrogen and oxygen atoms in total. The van der Waals surface area contributed by atoms with E-state index in [0.29, 0.717) is 19.6 Å². The highest BCUT2D eigenvalue weighted by atomic mass is 32.2. The zero-order chi connectivity index (χ0) is 19.4. The summed E-state index contributed by atoms with van der Waals surface area (Å²) >= 11 is 1.59. The van der Waals surface area contributed by atoms with E-state index in [2.05, 4.69) is 0 Å². The van der Waals surface area contributed by atoms with Gasteiger partial charge in [0.25, 0.3) is 0 Å². The number of hydrogen-bond donors (Lipinski definition) is 0. The van der Waals surface area contributed by atoms with Crippen LogP contribution in [0.1, 0.15) is 5.56 Å². The molecule has 1 amide bonds. The fourth-order valence-corrected chi connectivity index (χ4v) is 5.12. The molecule has 1 aromatic heterocycles. The third-order valence-electron chi connectivity index (χ3n) is 4.57. The minimum Gasteiger partial charge on any atom is -0.340 e. The number of nitrogens with zero attached hydrogens (tertiary/aromatic N) is 3. The van der Waals surface area contributed by atoms with Gasteiger partial charge < -0.3 is 4.90 Å². The monoisotopic (exact) mass is 411 g/mol. The highest BCUT2D eigenvalue weighted by Gasteiger charge is 2.31. The molecule has 9 heteroatoms. The second-order valence-corrected chi connectivity index (χ2v) is 9.18. The summed E-state index contributed by atoms with van der Waals surface area (Å²) in [5, 5.41) is 3.99. The summed E-state index contributed by atoms with van der Waals surface area (Å²) in [6.07, 6.45) is 0. The van der Waals surface area contributed by atoms with Crippen molar-refractivity contribution in [2.45, 2.75) is 11.4 Å². The molecule has 0 spiro atoms. The summed E-state index contributed by atoms with van der Waals surface area (Å²) < 4.78 is 40.4. The fourth-order valence-electron chi connectivity index (χ4n) is 2.98. The third kappa shape index (κ3) is 4.73. The number of sulfonamides is 1. The maximum Gasteiger partial charge on any atom is 0.246 e. The first-order valence-corrected chi connectivity index (χ1v) is 11.0. The summed E-state index contributed by atoms with van der Waals surface area (Å²) in [6, 6.07) is 7.38. The van der Waals surface area contributed by atoms with Gasteiger partial charge in [0.2, 0.25) is 15.9 Å². The van der Waals surface area contributed by atoms with Crippen LogP contribution in [0.15, 0.2) is 46.0 Å². The second-order valence-electron chi connectivity index (χ2n) is 6.49. The molecule has 0 bridgehead atoms. The number of halogens is 1. The maximum atomic E-state index is 13.9. The van der Waals surface area contributed by atoms with Crippen molar-refractivity contribution in [1.82, 2.24) is 14.1 Å². The van der Waals surface area contributed by atoms with Crippen LogP contribution >= 0.6 is 11.3 Å². The molecule has 1 aromatic carbocycles. The predicted octanol–water partition coefficient (Wildman–Crippen LogP) is 1.85. The molecule has 0 N–H and O–H groups in total. The van der Waals surface area contributed by atoms with Gasteiger partial charge in [0.05, 0.1) is 6.54 Å². The number of carbonyl (C=O) groups is 1. The second kappa shape index (κ2) is 8.47. The molecule has 27 heavy (non-hydrogen) atoms. The van der Waals surface area contributed by atoms with Gasteiger partial charge in [-0.3, -0.25) is 9.69 Å². The van der Waals surface area contributed by atoms with Crippen LogP contribution in [0.5, 0.6) is 0 Å². The van der Waals surface area contributed by atoms with Crippen LogP contribution in [0.4, 0.5) is 4.39 Å². The van der Waals surface area contributed by atoms with Gasteiger partial charge in [-0.25, -0.2) is 12.8 Å². The minimum absolute atomic E-state index is 0.00777. The Labute approximate surface area is 162 Å². The molecule has 0 unspecified atom stereocenters. The standard InChI is InChI=1S/C18H22FN3O3S2/c1-20(12-15-6-11-26-14-15)18(23)13-21-7-9-22(10-8-21)27(24,25)17-5-3-2-4-16(17)19/h2-6,11,14H,7-10,12-13H2,1H3. The van der Waals surface area contributed by atoms with E-state index in [1.807, 2.05) is 21.7 Å². The fraction of sp³-hybridized carbons (Fsp3) is 0.389. The molecule has 0 atom stereocenters. The molecule has 1 saturated heterocycles. The van der Waals surface area contributed by atoms with Crippen LogP contribution in [0.25, 0.3) is 0 Å². The van der Waals surface area contributed by atoms with Crippen molar-refractivity contribution >= 4 is 27.3 Å². The van der Waals surface area contributed by atoms with Gasteiger partial charge in [0, 0.05) is 39.8 Å². The molecular formula is C18H22FN3O3S2. The molecule has 146 valence electrons. The van der Waals surface area contributed by atoms with E-state index >= 15 is 0 Å². The molecule has 1 aliphatic heterocycles. The summed E-state index contributed by atoms with van der Waals surface area (Å²) in [7, 11) is -2.09. The zero-order valence-electron chi connectivity index (χ0n) is 15.0. The Bertz CT molecular complexity index is 879. The predicted molar refractivity (Wildman–Crippen MR) is 102 cm³/mol. The molecule has 0 aliphatic carbocycles. The first kappa shape index (κ1) is 19.9. The Morgan fingerprint density at radius 1 is 1.19 bits per heavy atom. The number of thiophene rings is 1. The third-order valence-corrected chi connectivity index (χ3v) is 7.23. The van der Waals surface area contributed by atoms with Crippen LogP contribution in [0.3, 0.4) is 0 Å². The lowest BCUT2D eigenvalue weighted by atomic mass is 10.3. The molecule has 2 aromatic rings. The summed E-state index contributed by atoms with van der Waals surface area (Å²) in [5.41, 5.74) is 1.09. The molecule has 1 fully saturated rings. The summed E-state index contributed by atoms with van der Waals surface area (Å²) in [5.74, 6) is -0.753. The van der Waals surface area contributed by atoms with Gasteiger partial charge in [-0.1, -0.05) is 12.1 Å². The Kier molecular flexibility index (Phi) is 6.25. The topological polar surface area (TPSA) is 60.9 Å². The minimum atomic E-state index is -3.86.